The molecule has 2 aliphatic heterocycles. The summed E-state index contributed by atoms with van der Waals surface area (Å²) in [6.45, 7) is 13.4. The second kappa shape index (κ2) is 11.1. The van der Waals surface area contributed by atoms with Gasteiger partial charge < -0.3 is 15.0 Å². The minimum Gasteiger partial charge on any atom is -0.379 e. The highest BCUT2D eigenvalue weighted by Crippen LogP contribution is 2.24. The number of ether oxygens (including phenoxy) is 1. The Hall–Kier alpha value is -2.41. The molecule has 2 amide bonds. The first kappa shape index (κ1) is 23.7. The SMILES string of the molecule is CCC(N1CCOCC1)N1CCN(C(=O)NC(c2ccc(C)cc2)c2ccc(C)cc2)CC1. The van der Waals surface area contributed by atoms with Gasteiger partial charge >= 0.3 is 6.03 Å². The molecule has 6 heteroatoms. The van der Waals surface area contributed by atoms with Gasteiger partial charge in [0.25, 0.3) is 0 Å². The fourth-order valence-electron chi connectivity index (χ4n) is 4.94. The lowest BCUT2D eigenvalue weighted by atomic mass is 9.97. The number of carbonyl (C=O) groups excluding carboxylic acids is 1. The summed E-state index contributed by atoms with van der Waals surface area (Å²) in [7, 11) is 0. The lowest BCUT2D eigenvalue weighted by Gasteiger charge is -2.44. The Morgan fingerprint density at radius 3 is 1.79 bits per heavy atom. The van der Waals surface area contributed by atoms with Crippen LogP contribution in [0.2, 0.25) is 0 Å². The second-order valence-corrected chi connectivity index (χ2v) is 9.26. The molecule has 33 heavy (non-hydrogen) atoms. The number of rotatable bonds is 6. The van der Waals surface area contributed by atoms with Crippen molar-refractivity contribution in [1.29, 1.82) is 0 Å². The van der Waals surface area contributed by atoms with E-state index in [1.807, 2.05) is 4.90 Å². The summed E-state index contributed by atoms with van der Waals surface area (Å²) in [5, 5.41) is 3.32. The maximum Gasteiger partial charge on any atom is 0.318 e. The molecule has 2 fully saturated rings. The highest BCUT2D eigenvalue weighted by Gasteiger charge is 2.30. The van der Waals surface area contributed by atoms with Crippen molar-refractivity contribution in [3.05, 3.63) is 70.8 Å². The Labute approximate surface area is 198 Å². The number of amides is 2. The molecule has 178 valence electrons. The van der Waals surface area contributed by atoms with Crippen molar-refractivity contribution in [3.63, 3.8) is 0 Å². The molecule has 6 nitrogen and oxygen atoms in total. The van der Waals surface area contributed by atoms with Crippen molar-refractivity contribution in [2.75, 3.05) is 52.5 Å². The molecule has 0 bridgehead atoms. The van der Waals surface area contributed by atoms with Crippen LogP contribution in [0.15, 0.2) is 48.5 Å². The molecule has 2 aliphatic rings. The predicted octanol–water partition coefficient (Wildman–Crippen LogP) is 3.79. The monoisotopic (exact) mass is 450 g/mol. The van der Waals surface area contributed by atoms with Gasteiger partial charge in [-0.05, 0) is 31.4 Å². The number of nitrogens with one attached hydrogen (secondary N) is 1. The molecule has 2 aromatic rings. The zero-order valence-electron chi connectivity index (χ0n) is 20.3. The molecule has 0 spiro atoms. The third-order valence-corrected chi connectivity index (χ3v) is 6.94. The molecular formula is C27H38N4O2. The van der Waals surface area contributed by atoms with E-state index >= 15 is 0 Å². The van der Waals surface area contributed by atoms with E-state index in [4.69, 9.17) is 4.74 Å². The first-order valence-electron chi connectivity index (χ1n) is 12.3. The summed E-state index contributed by atoms with van der Waals surface area (Å²) in [5.74, 6) is 0. The van der Waals surface area contributed by atoms with Crippen LogP contribution in [0, 0.1) is 13.8 Å². The quantitative estimate of drug-likeness (QED) is 0.728. The van der Waals surface area contributed by atoms with Crippen molar-refractivity contribution >= 4 is 6.03 Å². The van der Waals surface area contributed by atoms with Crippen LogP contribution >= 0.6 is 0 Å². The predicted molar refractivity (Wildman–Crippen MR) is 132 cm³/mol. The van der Waals surface area contributed by atoms with Crippen molar-refractivity contribution in [3.8, 4) is 0 Å². The van der Waals surface area contributed by atoms with Crippen LogP contribution in [-0.2, 0) is 4.74 Å². The van der Waals surface area contributed by atoms with Gasteiger partial charge in [0.2, 0.25) is 0 Å². The zero-order chi connectivity index (χ0) is 23.2. The number of aryl methyl sites for hydroxylation is 2. The van der Waals surface area contributed by atoms with Crippen molar-refractivity contribution in [1.82, 2.24) is 20.0 Å². The average Bonchev–Trinajstić information content (AvgIpc) is 2.85. The van der Waals surface area contributed by atoms with Gasteiger partial charge in [-0.25, -0.2) is 4.79 Å². The van der Waals surface area contributed by atoms with Crippen LogP contribution in [0.5, 0.6) is 0 Å². The summed E-state index contributed by atoms with van der Waals surface area (Å²) >= 11 is 0. The average molecular weight is 451 g/mol. The van der Waals surface area contributed by atoms with E-state index in [1.54, 1.807) is 0 Å². The van der Waals surface area contributed by atoms with Gasteiger partial charge in [0.1, 0.15) is 0 Å². The van der Waals surface area contributed by atoms with E-state index in [9.17, 15) is 4.79 Å². The van der Waals surface area contributed by atoms with Crippen LogP contribution < -0.4 is 5.32 Å². The lowest BCUT2D eigenvalue weighted by Crippen LogP contribution is -2.59. The number of benzene rings is 2. The van der Waals surface area contributed by atoms with Crippen LogP contribution in [0.1, 0.15) is 41.6 Å². The van der Waals surface area contributed by atoms with Crippen molar-refractivity contribution < 1.29 is 9.53 Å². The van der Waals surface area contributed by atoms with Crippen LogP contribution in [0.3, 0.4) is 0 Å². The van der Waals surface area contributed by atoms with E-state index in [-0.39, 0.29) is 12.1 Å². The first-order chi connectivity index (χ1) is 16.0. The minimum absolute atomic E-state index is 0.0141. The largest absolute Gasteiger partial charge is 0.379 e. The third-order valence-electron chi connectivity index (χ3n) is 6.94. The standard InChI is InChI=1S/C27H38N4O2/c1-4-25(30-17-19-33-20-18-30)29-13-15-31(16-14-29)27(32)28-26(23-9-5-21(2)6-10-23)24-11-7-22(3)8-12-24/h5-12,25-26H,4,13-20H2,1-3H3,(H,28,32). The van der Waals surface area contributed by atoms with E-state index < -0.39 is 0 Å². The molecule has 2 aromatic carbocycles. The molecular weight excluding hydrogens is 412 g/mol. The molecule has 1 atom stereocenters. The smallest absolute Gasteiger partial charge is 0.318 e. The van der Waals surface area contributed by atoms with Gasteiger partial charge in [0, 0.05) is 39.3 Å². The fourth-order valence-corrected chi connectivity index (χ4v) is 4.94. The van der Waals surface area contributed by atoms with Crippen LogP contribution in [0.25, 0.3) is 0 Å². The van der Waals surface area contributed by atoms with Crippen LogP contribution in [-0.4, -0.2) is 79.4 Å². The van der Waals surface area contributed by atoms with Crippen molar-refractivity contribution in [2.45, 2.75) is 39.4 Å². The summed E-state index contributed by atoms with van der Waals surface area (Å²) in [6.07, 6.45) is 1.53. The first-order valence-corrected chi connectivity index (χ1v) is 12.3. The van der Waals surface area contributed by atoms with Gasteiger partial charge in [-0.3, -0.25) is 9.80 Å². The molecule has 4 rings (SSSR count). The third kappa shape index (κ3) is 5.94. The number of piperazine rings is 1. The number of carbonyl (C=O) groups is 1. The zero-order valence-corrected chi connectivity index (χ0v) is 20.3. The number of morpholine rings is 1. The molecule has 1 unspecified atom stereocenters. The molecule has 0 aromatic heterocycles. The number of urea groups is 1. The van der Waals surface area contributed by atoms with E-state index in [0.717, 1.165) is 70.0 Å². The molecule has 0 saturated carbocycles. The minimum atomic E-state index is -0.159. The van der Waals surface area contributed by atoms with Gasteiger partial charge in [0.15, 0.2) is 0 Å². The van der Waals surface area contributed by atoms with E-state index in [2.05, 4.69) is 84.4 Å². The molecule has 1 N–H and O–H groups in total. The van der Waals surface area contributed by atoms with Gasteiger partial charge in [-0.1, -0.05) is 66.6 Å². The summed E-state index contributed by atoms with van der Waals surface area (Å²) < 4.78 is 5.53. The van der Waals surface area contributed by atoms with Gasteiger partial charge in [-0.15, -0.1) is 0 Å². The van der Waals surface area contributed by atoms with Gasteiger partial charge in [0.05, 0.1) is 25.4 Å². The number of nitrogens with zero attached hydrogens (tertiary/aromatic N) is 3. The Morgan fingerprint density at radius 2 is 1.30 bits per heavy atom. The Kier molecular flexibility index (Phi) is 8.02. The van der Waals surface area contributed by atoms with Gasteiger partial charge in [-0.2, -0.15) is 0 Å². The van der Waals surface area contributed by atoms with E-state index in [1.165, 1.54) is 11.1 Å². The lowest BCUT2D eigenvalue weighted by molar-refractivity contribution is -0.0446. The normalized spacial score (nSPS) is 19.0. The Balaban J connectivity index is 1.41. The highest BCUT2D eigenvalue weighted by molar-refractivity contribution is 5.75. The summed E-state index contributed by atoms with van der Waals surface area (Å²) in [5.41, 5.74) is 4.65. The van der Waals surface area contributed by atoms with E-state index in [0.29, 0.717) is 6.17 Å². The fraction of sp³-hybridized carbons (Fsp3) is 0.519. The Bertz CT molecular complexity index is 840. The van der Waals surface area contributed by atoms with Crippen molar-refractivity contribution in [2.24, 2.45) is 0 Å². The number of hydrogen-bond donors (Lipinski definition) is 1. The molecule has 2 heterocycles. The maximum atomic E-state index is 13.3. The summed E-state index contributed by atoms with van der Waals surface area (Å²) in [6, 6.07) is 16.8. The maximum absolute atomic E-state index is 13.3. The van der Waals surface area contributed by atoms with Crippen LogP contribution in [0.4, 0.5) is 4.79 Å². The highest BCUT2D eigenvalue weighted by atomic mass is 16.5. The summed E-state index contributed by atoms with van der Waals surface area (Å²) in [4.78, 5) is 20.3. The Morgan fingerprint density at radius 1 is 0.818 bits per heavy atom. The number of hydrogen-bond acceptors (Lipinski definition) is 4. The molecule has 2 saturated heterocycles. The topological polar surface area (TPSA) is 48.1 Å². The second-order valence-electron chi connectivity index (χ2n) is 9.26. The molecule has 0 radical (unpaired) electrons. The molecule has 0 aliphatic carbocycles.